The van der Waals surface area contributed by atoms with Gasteiger partial charge >= 0.3 is 12.1 Å². The summed E-state index contributed by atoms with van der Waals surface area (Å²) >= 11 is 1.48. The number of hydrogen-bond acceptors (Lipinski definition) is 5. The van der Waals surface area contributed by atoms with Crippen molar-refractivity contribution in [2.24, 2.45) is 0 Å². The zero-order chi connectivity index (χ0) is 15.9. The molecule has 0 atom stereocenters. The number of carbonyl (C=O) groups is 2. The van der Waals surface area contributed by atoms with Crippen LogP contribution in [0, 0.1) is 0 Å². The quantitative estimate of drug-likeness (QED) is 0.845. The van der Waals surface area contributed by atoms with Crippen LogP contribution >= 0.6 is 11.3 Å². The molecule has 0 spiro atoms. The molecule has 1 aromatic heterocycles. The highest BCUT2D eigenvalue weighted by Crippen LogP contribution is 2.37. The largest absolute Gasteiger partial charge is 0.462 e. The fourth-order valence-electron chi connectivity index (χ4n) is 2.69. The second-order valence-electron chi connectivity index (χ2n) is 5.19. The summed E-state index contributed by atoms with van der Waals surface area (Å²) < 4.78 is 10.1. The molecule has 0 unspecified atom stereocenters. The van der Waals surface area contributed by atoms with E-state index in [0.29, 0.717) is 23.8 Å². The van der Waals surface area contributed by atoms with Crippen LogP contribution in [0.25, 0.3) is 0 Å². The number of amides is 1. The number of rotatable bonds is 4. The van der Waals surface area contributed by atoms with Crippen molar-refractivity contribution in [3.05, 3.63) is 16.0 Å². The molecule has 0 bridgehead atoms. The van der Waals surface area contributed by atoms with Crippen LogP contribution in [0.2, 0.25) is 0 Å². The summed E-state index contributed by atoms with van der Waals surface area (Å²) in [6.45, 7) is 4.15. The second kappa shape index (κ2) is 8.17. The highest BCUT2D eigenvalue weighted by Gasteiger charge is 2.26. The fraction of sp³-hybridized carbons (Fsp3) is 0.625. The molecular weight excluding hydrogens is 302 g/mol. The third-order valence-corrected chi connectivity index (χ3v) is 4.85. The van der Waals surface area contributed by atoms with E-state index in [1.165, 1.54) is 29.1 Å². The SMILES string of the molecule is CCOC(=O)Nc1sc2c(c1C(=O)OCC)CCCCCC2. The molecule has 1 heterocycles. The molecule has 22 heavy (non-hydrogen) atoms. The number of anilines is 1. The predicted molar refractivity (Wildman–Crippen MR) is 86.8 cm³/mol. The number of aryl methyl sites for hydroxylation is 1. The maximum atomic E-state index is 12.3. The van der Waals surface area contributed by atoms with E-state index < -0.39 is 6.09 Å². The first kappa shape index (κ1) is 16.8. The van der Waals surface area contributed by atoms with E-state index in [0.717, 1.165) is 31.2 Å². The molecule has 1 aliphatic rings. The molecule has 6 heteroatoms. The van der Waals surface area contributed by atoms with Gasteiger partial charge < -0.3 is 9.47 Å². The van der Waals surface area contributed by atoms with Gasteiger partial charge in [-0.3, -0.25) is 5.32 Å². The molecule has 1 aromatic rings. The first-order chi connectivity index (χ1) is 10.7. The summed E-state index contributed by atoms with van der Waals surface area (Å²) in [5, 5.41) is 3.26. The molecule has 5 nitrogen and oxygen atoms in total. The van der Waals surface area contributed by atoms with Gasteiger partial charge in [0.25, 0.3) is 0 Å². The van der Waals surface area contributed by atoms with E-state index in [-0.39, 0.29) is 5.97 Å². The number of ether oxygens (including phenoxy) is 2. The van der Waals surface area contributed by atoms with Crippen LogP contribution in [0.3, 0.4) is 0 Å². The van der Waals surface area contributed by atoms with Crippen molar-refractivity contribution in [2.45, 2.75) is 52.4 Å². The van der Waals surface area contributed by atoms with Gasteiger partial charge in [-0.05, 0) is 45.1 Å². The highest BCUT2D eigenvalue weighted by atomic mass is 32.1. The van der Waals surface area contributed by atoms with Gasteiger partial charge in [0.2, 0.25) is 0 Å². The predicted octanol–water partition coefficient (Wildman–Crippen LogP) is 4.15. The minimum Gasteiger partial charge on any atom is -0.462 e. The highest BCUT2D eigenvalue weighted by molar-refractivity contribution is 7.17. The van der Waals surface area contributed by atoms with Gasteiger partial charge in [-0.2, -0.15) is 0 Å². The normalized spacial score (nSPS) is 14.5. The molecule has 0 saturated carbocycles. The Morgan fingerprint density at radius 1 is 1.05 bits per heavy atom. The lowest BCUT2D eigenvalue weighted by Crippen LogP contribution is -2.16. The number of thiophene rings is 1. The lowest BCUT2D eigenvalue weighted by molar-refractivity contribution is 0.0526. The Kier molecular flexibility index (Phi) is 6.24. The van der Waals surface area contributed by atoms with E-state index in [1.807, 2.05) is 0 Å². The molecule has 0 aliphatic heterocycles. The first-order valence-electron chi connectivity index (χ1n) is 7.92. The minimum absolute atomic E-state index is 0.297. The van der Waals surface area contributed by atoms with Gasteiger partial charge in [-0.25, -0.2) is 9.59 Å². The molecule has 0 aromatic carbocycles. The van der Waals surface area contributed by atoms with E-state index in [2.05, 4.69) is 5.32 Å². The number of hydrogen-bond donors (Lipinski definition) is 1. The molecule has 1 aliphatic carbocycles. The summed E-state index contributed by atoms with van der Waals surface area (Å²) in [4.78, 5) is 25.2. The van der Waals surface area contributed by atoms with E-state index in [1.54, 1.807) is 13.8 Å². The van der Waals surface area contributed by atoms with Gasteiger partial charge in [0.15, 0.2) is 0 Å². The van der Waals surface area contributed by atoms with Crippen molar-refractivity contribution >= 4 is 28.4 Å². The Morgan fingerprint density at radius 2 is 1.73 bits per heavy atom. The van der Waals surface area contributed by atoms with Crippen molar-refractivity contribution in [1.82, 2.24) is 0 Å². The second-order valence-corrected chi connectivity index (χ2v) is 6.29. The topological polar surface area (TPSA) is 64.6 Å². The smallest absolute Gasteiger partial charge is 0.412 e. The first-order valence-corrected chi connectivity index (χ1v) is 8.74. The summed E-state index contributed by atoms with van der Waals surface area (Å²) in [7, 11) is 0. The van der Waals surface area contributed by atoms with Crippen LogP contribution in [0.1, 0.15) is 60.3 Å². The Hall–Kier alpha value is -1.56. The molecule has 0 fully saturated rings. The lowest BCUT2D eigenvalue weighted by atomic mass is 9.96. The Bertz CT molecular complexity index is 538. The van der Waals surface area contributed by atoms with E-state index >= 15 is 0 Å². The van der Waals surface area contributed by atoms with Crippen molar-refractivity contribution in [2.75, 3.05) is 18.5 Å². The lowest BCUT2D eigenvalue weighted by Gasteiger charge is -2.11. The third-order valence-electron chi connectivity index (χ3n) is 3.64. The van der Waals surface area contributed by atoms with Crippen LogP contribution in [-0.4, -0.2) is 25.3 Å². The maximum Gasteiger partial charge on any atom is 0.412 e. The summed E-state index contributed by atoms with van der Waals surface area (Å²) in [5.41, 5.74) is 1.58. The fourth-order valence-corrected chi connectivity index (χ4v) is 3.95. The van der Waals surface area contributed by atoms with Crippen LogP contribution in [0.5, 0.6) is 0 Å². The number of esters is 1. The summed E-state index contributed by atoms with van der Waals surface area (Å²) in [6, 6.07) is 0. The van der Waals surface area contributed by atoms with Crippen LogP contribution < -0.4 is 5.32 Å². The monoisotopic (exact) mass is 325 g/mol. The summed E-state index contributed by atoms with van der Waals surface area (Å²) in [6.07, 6.45) is 5.87. The summed E-state index contributed by atoms with van der Waals surface area (Å²) in [5.74, 6) is -0.354. The molecule has 1 amide bonds. The van der Waals surface area contributed by atoms with Crippen LogP contribution in [-0.2, 0) is 22.3 Å². The average Bonchev–Trinajstić information content (AvgIpc) is 2.76. The third kappa shape index (κ3) is 4.00. The van der Waals surface area contributed by atoms with Crippen molar-refractivity contribution in [1.29, 1.82) is 0 Å². The standard InChI is InChI=1S/C16H23NO4S/c1-3-20-15(18)13-11-9-7-5-6-8-10-12(11)22-14(13)17-16(19)21-4-2/h3-10H2,1-2H3,(H,17,19). The van der Waals surface area contributed by atoms with Crippen molar-refractivity contribution < 1.29 is 19.1 Å². The van der Waals surface area contributed by atoms with Crippen LogP contribution in [0.15, 0.2) is 0 Å². The van der Waals surface area contributed by atoms with Gasteiger partial charge in [0.1, 0.15) is 5.00 Å². The molecule has 122 valence electrons. The maximum absolute atomic E-state index is 12.3. The zero-order valence-corrected chi connectivity index (χ0v) is 14.0. The molecule has 2 rings (SSSR count). The van der Waals surface area contributed by atoms with Gasteiger partial charge in [0.05, 0.1) is 18.8 Å². The molecule has 1 N–H and O–H groups in total. The number of fused-ring (bicyclic) bond motifs is 1. The van der Waals surface area contributed by atoms with Gasteiger partial charge in [-0.1, -0.05) is 12.8 Å². The van der Waals surface area contributed by atoms with E-state index in [9.17, 15) is 9.59 Å². The Balaban J connectivity index is 2.35. The zero-order valence-electron chi connectivity index (χ0n) is 13.2. The average molecular weight is 325 g/mol. The van der Waals surface area contributed by atoms with Crippen molar-refractivity contribution in [3.8, 4) is 0 Å². The Labute approximate surface area is 135 Å². The number of nitrogens with one attached hydrogen (secondary N) is 1. The van der Waals surface area contributed by atoms with E-state index in [4.69, 9.17) is 9.47 Å². The molecule has 0 saturated heterocycles. The minimum atomic E-state index is -0.526. The van der Waals surface area contributed by atoms with Crippen LogP contribution in [0.4, 0.5) is 9.80 Å². The molecular formula is C16H23NO4S. The molecule has 0 radical (unpaired) electrons. The van der Waals surface area contributed by atoms with Crippen molar-refractivity contribution in [3.63, 3.8) is 0 Å². The Morgan fingerprint density at radius 3 is 2.41 bits per heavy atom. The number of carbonyl (C=O) groups excluding carboxylic acids is 2. The van der Waals surface area contributed by atoms with Gasteiger partial charge in [-0.15, -0.1) is 11.3 Å². The van der Waals surface area contributed by atoms with Gasteiger partial charge in [0, 0.05) is 4.88 Å².